The molecule has 0 saturated carbocycles. The molecule has 5 nitrogen and oxygen atoms in total. The molecule has 2 aromatic rings. The number of hydrogen-bond acceptors (Lipinski definition) is 3. The normalized spacial score (nSPS) is 10.6. The molecule has 0 unspecified atom stereocenters. The Kier molecular flexibility index (Phi) is 3.67. The van der Waals surface area contributed by atoms with E-state index in [0.29, 0.717) is 10.6 Å². The van der Waals surface area contributed by atoms with Crippen LogP contribution in [0.5, 0.6) is 0 Å². The molecule has 0 fully saturated rings. The predicted molar refractivity (Wildman–Crippen MR) is 70.3 cm³/mol. The fourth-order valence-electron chi connectivity index (χ4n) is 1.63. The van der Waals surface area contributed by atoms with Crippen molar-refractivity contribution in [2.75, 3.05) is 0 Å². The van der Waals surface area contributed by atoms with Crippen LogP contribution in [0.4, 0.5) is 8.78 Å². The Labute approximate surface area is 119 Å². The number of carbonyl (C=O) groups excluding carboxylic acids is 1. The largest absolute Gasteiger partial charge is 0.333 e. The monoisotopic (exact) mass is 344 g/mol. The van der Waals surface area contributed by atoms with Gasteiger partial charge < -0.3 is 4.98 Å². The van der Waals surface area contributed by atoms with E-state index < -0.39 is 34.4 Å². The van der Waals surface area contributed by atoms with Gasteiger partial charge in [-0.2, -0.15) is 0 Å². The van der Waals surface area contributed by atoms with Crippen molar-refractivity contribution in [3.05, 3.63) is 60.8 Å². The summed E-state index contributed by atoms with van der Waals surface area (Å²) in [6, 6.07) is 1.48. The number of benzene rings is 1. The highest BCUT2D eigenvalue weighted by Gasteiger charge is 2.17. The van der Waals surface area contributed by atoms with Crippen LogP contribution in [0.3, 0.4) is 0 Å². The summed E-state index contributed by atoms with van der Waals surface area (Å²) in [6.45, 7) is 1.12. The molecule has 20 heavy (non-hydrogen) atoms. The zero-order chi connectivity index (χ0) is 15.0. The SMILES string of the molecule is CC(=O)c1c[nH]c(=O)n(-c2cc(F)c(Br)cc2F)c1=O. The van der Waals surface area contributed by atoms with Crippen LogP contribution in [0.25, 0.3) is 5.69 Å². The summed E-state index contributed by atoms with van der Waals surface area (Å²) in [4.78, 5) is 37.1. The third-order valence-electron chi connectivity index (χ3n) is 2.59. The molecule has 0 aliphatic rings. The molecule has 0 amide bonds. The van der Waals surface area contributed by atoms with Gasteiger partial charge >= 0.3 is 5.69 Å². The van der Waals surface area contributed by atoms with Gasteiger partial charge in [0.15, 0.2) is 5.78 Å². The number of carbonyl (C=O) groups is 1. The van der Waals surface area contributed by atoms with Gasteiger partial charge in [-0.25, -0.2) is 18.1 Å². The molecular formula is C12H7BrF2N2O3. The van der Waals surface area contributed by atoms with Gasteiger partial charge in [0, 0.05) is 12.3 Å². The van der Waals surface area contributed by atoms with E-state index in [2.05, 4.69) is 20.9 Å². The van der Waals surface area contributed by atoms with Gasteiger partial charge in [-0.05, 0) is 28.9 Å². The summed E-state index contributed by atoms with van der Waals surface area (Å²) in [5, 5.41) is 0. The van der Waals surface area contributed by atoms with E-state index >= 15 is 0 Å². The smallest absolute Gasteiger partial charge is 0.313 e. The molecule has 1 aromatic carbocycles. The van der Waals surface area contributed by atoms with Crippen LogP contribution in [0, 0.1) is 11.6 Å². The number of aromatic nitrogens is 2. The number of nitrogens with one attached hydrogen (secondary N) is 1. The molecule has 1 heterocycles. The van der Waals surface area contributed by atoms with Crippen molar-refractivity contribution >= 4 is 21.7 Å². The van der Waals surface area contributed by atoms with Crippen molar-refractivity contribution < 1.29 is 13.6 Å². The molecule has 0 spiro atoms. The van der Waals surface area contributed by atoms with Crippen LogP contribution >= 0.6 is 15.9 Å². The first-order valence-corrected chi connectivity index (χ1v) is 6.13. The molecule has 0 atom stereocenters. The minimum absolute atomic E-state index is 0.147. The van der Waals surface area contributed by atoms with Gasteiger partial charge in [0.1, 0.15) is 11.6 Å². The summed E-state index contributed by atoms with van der Waals surface area (Å²) in [7, 11) is 0. The van der Waals surface area contributed by atoms with Gasteiger partial charge in [-0.15, -0.1) is 0 Å². The molecule has 1 aromatic heterocycles. The van der Waals surface area contributed by atoms with Crippen LogP contribution < -0.4 is 11.2 Å². The Hall–Kier alpha value is -2.09. The van der Waals surface area contributed by atoms with Gasteiger partial charge in [-0.3, -0.25) is 9.59 Å². The summed E-state index contributed by atoms with van der Waals surface area (Å²) >= 11 is 2.79. The number of hydrogen-bond donors (Lipinski definition) is 1. The Morgan fingerprint density at radius 3 is 2.50 bits per heavy atom. The van der Waals surface area contributed by atoms with E-state index in [1.54, 1.807) is 0 Å². The van der Waals surface area contributed by atoms with Crippen molar-refractivity contribution in [2.24, 2.45) is 0 Å². The molecule has 1 N–H and O–H groups in total. The molecule has 2 rings (SSSR count). The zero-order valence-electron chi connectivity index (χ0n) is 10.0. The number of ketones is 1. The number of rotatable bonds is 2. The standard InChI is InChI=1S/C12H7BrF2N2O3/c1-5(18)6-4-16-12(20)17(11(6)19)10-3-8(14)7(13)2-9(10)15/h2-4H,1H3,(H,16,20). The lowest BCUT2D eigenvalue weighted by Crippen LogP contribution is -2.37. The van der Waals surface area contributed by atoms with Crippen LogP contribution in [0.2, 0.25) is 0 Å². The quantitative estimate of drug-likeness (QED) is 0.666. The maximum atomic E-state index is 13.8. The second kappa shape index (κ2) is 5.12. The topological polar surface area (TPSA) is 71.9 Å². The fourth-order valence-corrected chi connectivity index (χ4v) is 1.94. The highest BCUT2D eigenvalue weighted by molar-refractivity contribution is 9.10. The molecule has 0 bridgehead atoms. The van der Waals surface area contributed by atoms with E-state index in [-0.39, 0.29) is 10.0 Å². The van der Waals surface area contributed by atoms with Gasteiger partial charge in [-0.1, -0.05) is 0 Å². The maximum absolute atomic E-state index is 13.8. The number of Topliss-reactive ketones (excluding diaryl/α,β-unsaturated/α-hetero) is 1. The first-order chi connectivity index (χ1) is 9.32. The van der Waals surface area contributed by atoms with Crippen LogP contribution in [-0.2, 0) is 0 Å². The third-order valence-corrected chi connectivity index (χ3v) is 3.19. The zero-order valence-corrected chi connectivity index (χ0v) is 11.6. The lowest BCUT2D eigenvalue weighted by Gasteiger charge is -2.08. The summed E-state index contributed by atoms with van der Waals surface area (Å²) in [5.41, 5.74) is -2.88. The van der Waals surface area contributed by atoms with Crippen molar-refractivity contribution in [1.29, 1.82) is 0 Å². The average Bonchev–Trinajstić information content (AvgIpc) is 2.35. The van der Waals surface area contributed by atoms with Gasteiger partial charge in [0.2, 0.25) is 0 Å². The summed E-state index contributed by atoms with van der Waals surface area (Å²) in [6.07, 6.45) is 0.941. The van der Waals surface area contributed by atoms with E-state index in [4.69, 9.17) is 0 Å². The third kappa shape index (κ3) is 2.34. The number of halogens is 3. The number of nitrogens with zero attached hydrogens (tertiary/aromatic N) is 1. The van der Waals surface area contributed by atoms with Crippen molar-refractivity contribution in [3.8, 4) is 5.69 Å². The predicted octanol–water partition coefficient (Wildman–Crippen LogP) is 1.77. The molecular weight excluding hydrogens is 338 g/mol. The molecule has 0 aliphatic heterocycles. The van der Waals surface area contributed by atoms with E-state index in [9.17, 15) is 23.2 Å². The Bertz CT molecular complexity index is 826. The van der Waals surface area contributed by atoms with E-state index in [1.165, 1.54) is 0 Å². The first kappa shape index (κ1) is 14.3. The van der Waals surface area contributed by atoms with Crippen LogP contribution in [0.1, 0.15) is 17.3 Å². The second-order valence-electron chi connectivity index (χ2n) is 3.92. The highest BCUT2D eigenvalue weighted by atomic mass is 79.9. The molecule has 0 radical (unpaired) electrons. The number of H-pyrrole nitrogens is 1. The van der Waals surface area contributed by atoms with Crippen molar-refractivity contribution in [1.82, 2.24) is 9.55 Å². The minimum atomic E-state index is -1.01. The number of aromatic amines is 1. The Morgan fingerprint density at radius 2 is 1.90 bits per heavy atom. The lowest BCUT2D eigenvalue weighted by molar-refractivity contribution is 0.101. The summed E-state index contributed by atoms with van der Waals surface area (Å²) in [5.74, 6) is -2.43. The molecule has 0 aliphatic carbocycles. The maximum Gasteiger partial charge on any atom is 0.333 e. The van der Waals surface area contributed by atoms with Crippen LogP contribution in [0.15, 0.2) is 32.4 Å². The fraction of sp³-hybridized carbons (Fsp3) is 0.0833. The first-order valence-electron chi connectivity index (χ1n) is 5.33. The minimum Gasteiger partial charge on any atom is -0.313 e. The highest BCUT2D eigenvalue weighted by Crippen LogP contribution is 2.21. The van der Waals surface area contributed by atoms with E-state index in [0.717, 1.165) is 19.2 Å². The van der Waals surface area contributed by atoms with Crippen LogP contribution in [-0.4, -0.2) is 15.3 Å². The molecule has 8 heteroatoms. The molecule has 104 valence electrons. The average molecular weight is 345 g/mol. The lowest BCUT2D eigenvalue weighted by atomic mass is 10.2. The Morgan fingerprint density at radius 1 is 1.25 bits per heavy atom. The second-order valence-corrected chi connectivity index (χ2v) is 4.78. The van der Waals surface area contributed by atoms with E-state index in [1.807, 2.05) is 0 Å². The van der Waals surface area contributed by atoms with Crippen molar-refractivity contribution in [3.63, 3.8) is 0 Å². The van der Waals surface area contributed by atoms with Gasteiger partial charge in [0.25, 0.3) is 5.56 Å². The summed E-state index contributed by atoms with van der Waals surface area (Å²) < 4.78 is 27.5. The van der Waals surface area contributed by atoms with Crippen molar-refractivity contribution in [2.45, 2.75) is 6.92 Å². The Balaban J connectivity index is 2.87. The molecule has 0 saturated heterocycles. The van der Waals surface area contributed by atoms with Gasteiger partial charge in [0.05, 0.1) is 15.7 Å².